The van der Waals surface area contributed by atoms with E-state index in [0.29, 0.717) is 28.0 Å². The van der Waals surface area contributed by atoms with Crippen LogP contribution in [0.1, 0.15) is 17.3 Å². The van der Waals surface area contributed by atoms with E-state index in [1.54, 1.807) is 24.3 Å². The summed E-state index contributed by atoms with van der Waals surface area (Å²) in [6.45, 7) is 1.46. The molecule has 0 aliphatic rings. The molecule has 1 atom stereocenters. The molecule has 8 heteroatoms. The van der Waals surface area contributed by atoms with Gasteiger partial charge in [-0.3, -0.25) is 4.79 Å². The highest BCUT2D eigenvalue weighted by Gasteiger charge is 2.21. The minimum atomic E-state index is -1.06. The number of benzene rings is 2. The van der Waals surface area contributed by atoms with Crippen LogP contribution in [0.4, 0.5) is 5.69 Å². The van der Waals surface area contributed by atoms with Gasteiger partial charge in [-0.15, -0.1) is 0 Å². The second-order valence-electron chi connectivity index (χ2n) is 5.48. The van der Waals surface area contributed by atoms with Crippen molar-refractivity contribution in [3.8, 4) is 17.2 Å². The molecule has 1 N–H and O–H groups in total. The average molecular weight is 394 g/mol. The van der Waals surface area contributed by atoms with Crippen LogP contribution in [0.5, 0.6) is 17.2 Å². The number of esters is 1. The largest absolute Gasteiger partial charge is 0.497 e. The first-order valence-corrected chi connectivity index (χ1v) is 8.34. The van der Waals surface area contributed by atoms with Gasteiger partial charge >= 0.3 is 5.97 Å². The first-order chi connectivity index (χ1) is 12.9. The predicted octanol–water partition coefficient (Wildman–Crippen LogP) is 3.55. The molecule has 0 heterocycles. The zero-order valence-electron chi connectivity index (χ0n) is 15.4. The molecule has 0 saturated carbocycles. The summed E-state index contributed by atoms with van der Waals surface area (Å²) in [5, 5.41) is 3.06. The number of rotatable bonds is 7. The molecule has 2 aromatic rings. The zero-order valence-corrected chi connectivity index (χ0v) is 16.1. The van der Waals surface area contributed by atoms with E-state index in [0.717, 1.165) is 0 Å². The number of amides is 1. The molecule has 0 saturated heterocycles. The van der Waals surface area contributed by atoms with Gasteiger partial charge in [0.1, 0.15) is 17.2 Å². The fourth-order valence-corrected chi connectivity index (χ4v) is 2.39. The normalized spacial score (nSPS) is 11.3. The molecular weight excluding hydrogens is 374 g/mol. The molecule has 0 spiro atoms. The lowest BCUT2D eigenvalue weighted by atomic mass is 10.2. The molecule has 1 unspecified atom stereocenters. The van der Waals surface area contributed by atoms with Crippen LogP contribution >= 0.6 is 11.6 Å². The molecule has 2 aromatic carbocycles. The van der Waals surface area contributed by atoms with E-state index in [-0.39, 0.29) is 5.56 Å². The van der Waals surface area contributed by atoms with E-state index < -0.39 is 18.0 Å². The minimum Gasteiger partial charge on any atom is -0.497 e. The van der Waals surface area contributed by atoms with E-state index in [9.17, 15) is 9.59 Å². The van der Waals surface area contributed by atoms with Crippen LogP contribution in [0.15, 0.2) is 36.4 Å². The smallest absolute Gasteiger partial charge is 0.339 e. The van der Waals surface area contributed by atoms with Gasteiger partial charge in [0, 0.05) is 11.1 Å². The molecule has 0 aliphatic carbocycles. The highest BCUT2D eigenvalue weighted by molar-refractivity contribution is 6.31. The van der Waals surface area contributed by atoms with Crippen molar-refractivity contribution in [2.24, 2.45) is 0 Å². The highest BCUT2D eigenvalue weighted by atomic mass is 35.5. The van der Waals surface area contributed by atoms with Crippen LogP contribution in [-0.2, 0) is 9.53 Å². The summed E-state index contributed by atoms with van der Waals surface area (Å²) in [4.78, 5) is 24.7. The molecule has 0 aliphatic heterocycles. The monoisotopic (exact) mass is 393 g/mol. The van der Waals surface area contributed by atoms with Crippen molar-refractivity contribution in [1.82, 2.24) is 0 Å². The minimum absolute atomic E-state index is 0.200. The fraction of sp³-hybridized carbons (Fsp3) is 0.263. The van der Waals surface area contributed by atoms with Crippen molar-refractivity contribution in [3.05, 3.63) is 47.0 Å². The Morgan fingerprint density at radius 2 is 1.59 bits per heavy atom. The van der Waals surface area contributed by atoms with Gasteiger partial charge in [-0.2, -0.15) is 0 Å². The van der Waals surface area contributed by atoms with E-state index in [4.69, 9.17) is 30.5 Å². The van der Waals surface area contributed by atoms with E-state index in [1.807, 2.05) is 0 Å². The molecule has 0 aromatic heterocycles. The van der Waals surface area contributed by atoms with Crippen LogP contribution in [0.2, 0.25) is 5.02 Å². The lowest BCUT2D eigenvalue weighted by Crippen LogP contribution is -2.30. The first-order valence-electron chi connectivity index (χ1n) is 7.96. The number of carbonyl (C=O) groups is 2. The maximum Gasteiger partial charge on any atom is 0.339 e. The van der Waals surface area contributed by atoms with Gasteiger partial charge in [0.05, 0.1) is 32.6 Å². The molecule has 27 heavy (non-hydrogen) atoms. The van der Waals surface area contributed by atoms with Gasteiger partial charge < -0.3 is 24.3 Å². The van der Waals surface area contributed by atoms with E-state index in [1.165, 1.54) is 40.4 Å². The number of hydrogen-bond donors (Lipinski definition) is 1. The van der Waals surface area contributed by atoms with Crippen molar-refractivity contribution < 1.29 is 28.5 Å². The standard InChI is InChI=1S/C19H20ClNO6/c1-11(18(22)21-16-9-13(20)5-6-17(16)26-4)27-19(23)12-7-14(24-2)10-15(8-12)25-3/h5-11H,1-4H3,(H,21,22). The van der Waals surface area contributed by atoms with Crippen molar-refractivity contribution in [2.45, 2.75) is 13.0 Å². The fourth-order valence-electron chi connectivity index (χ4n) is 2.22. The summed E-state index contributed by atoms with van der Waals surface area (Å²) in [5.41, 5.74) is 0.576. The summed E-state index contributed by atoms with van der Waals surface area (Å²) < 4.78 is 20.7. The van der Waals surface area contributed by atoms with Gasteiger partial charge in [-0.1, -0.05) is 11.6 Å². The number of hydrogen-bond acceptors (Lipinski definition) is 6. The van der Waals surface area contributed by atoms with Crippen molar-refractivity contribution in [2.75, 3.05) is 26.6 Å². The third kappa shape index (κ3) is 5.27. The third-order valence-corrected chi connectivity index (χ3v) is 3.89. The summed E-state index contributed by atoms with van der Waals surface area (Å²) in [6.07, 6.45) is -1.06. The number of halogens is 1. The summed E-state index contributed by atoms with van der Waals surface area (Å²) in [6, 6.07) is 9.41. The topological polar surface area (TPSA) is 83.1 Å². The maximum absolute atomic E-state index is 12.4. The lowest BCUT2D eigenvalue weighted by Gasteiger charge is -2.16. The first kappa shape index (κ1) is 20.4. The quantitative estimate of drug-likeness (QED) is 0.724. The Labute approximate surface area is 162 Å². The Kier molecular flexibility index (Phi) is 6.90. The van der Waals surface area contributed by atoms with Gasteiger partial charge in [0.2, 0.25) is 0 Å². The second kappa shape index (κ2) is 9.14. The Morgan fingerprint density at radius 1 is 0.963 bits per heavy atom. The Hall–Kier alpha value is -2.93. The van der Waals surface area contributed by atoms with Crippen LogP contribution in [0, 0.1) is 0 Å². The van der Waals surface area contributed by atoms with E-state index >= 15 is 0 Å². The predicted molar refractivity (Wildman–Crippen MR) is 101 cm³/mol. The van der Waals surface area contributed by atoms with Gasteiger partial charge in [-0.25, -0.2) is 4.79 Å². The number of anilines is 1. The van der Waals surface area contributed by atoms with Gasteiger partial charge in [0.15, 0.2) is 6.10 Å². The molecule has 2 rings (SSSR count). The summed E-state index contributed by atoms with van der Waals surface area (Å²) >= 11 is 5.94. The number of carbonyl (C=O) groups excluding carboxylic acids is 2. The van der Waals surface area contributed by atoms with Crippen LogP contribution < -0.4 is 19.5 Å². The number of ether oxygens (including phenoxy) is 4. The van der Waals surface area contributed by atoms with E-state index in [2.05, 4.69) is 5.32 Å². The molecule has 0 radical (unpaired) electrons. The SMILES string of the molecule is COc1cc(OC)cc(C(=O)OC(C)C(=O)Nc2cc(Cl)ccc2OC)c1. The number of methoxy groups -OCH3 is 3. The van der Waals surface area contributed by atoms with Crippen LogP contribution in [-0.4, -0.2) is 39.3 Å². The van der Waals surface area contributed by atoms with Crippen LogP contribution in [0.3, 0.4) is 0 Å². The van der Waals surface area contributed by atoms with Crippen molar-refractivity contribution >= 4 is 29.2 Å². The van der Waals surface area contributed by atoms with Crippen molar-refractivity contribution in [1.29, 1.82) is 0 Å². The van der Waals surface area contributed by atoms with Gasteiger partial charge in [-0.05, 0) is 37.3 Å². The Balaban J connectivity index is 2.10. The molecule has 1 amide bonds. The summed E-state index contributed by atoms with van der Waals surface area (Å²) in [7, 11) is 4.41. The zero-order chi connectivity index (χ0) is 20.0. The molecule has 144 valence electrons. The third-order valence-electron chi connectivity index (χ3n) is 3.66. The Morgan fingerprint density at radius 3 is 2.15 bits per heavy atom. The molecule has 7 nitrogen and oxygen atoms in total. The lowest BCUT2D eigenvalue weighted by molar-refractivity contribution is -0.123. The molecule has 0 bridgehead atoms. The van der Waals surface area contributed by atoms with Crippen LogP contribution in [0.25, 0.3) is 0 Å². The Bertz CT molecular complexity index is 817. The number of nitrogens with one attached hydrogen (secondary N) is 1. The summed E-state index contributed by atoms with van der Waals surface area (Å²) in [5.74, 6) is 0.0830. The van der Waals surface area contributed by atoms with Gasteiger partial charge in [0.25, 0.3) is 5.91 Å². The maximum atomic E-state index is 12.4. The molecular formula is C19H20ClNO6. The average Bonchev–Trinajstić information content (AvgIpc) is 2.67. The van der Waals surface area contributed by atoms with Crippen molar-refractivity contribution in [3.63, 3.8) is 0 Å². The highest BCUT2D eigenvalue weighted by Crippen LogP contribution is 2.28. The molecule has 0 fully saturated rings. The second-order valence-corrected chi connectivity index (χ2v) is 5.92.